The van der Waals surface area contributed by atoms with Crippen LogP contribution < -0.4 is 29.6 Å². The van der Waals surface area contributed by atoms with Gasteiger partial charge >= 0.3 is 29.6 Å². The van der Waals surface area contributed by atoms with Crippen LogP contribution >= 0.6 is 24.8 Å². The van der Waals surface area contributed by atoms with Gasteiger partial charge in [-0.25, -0.2) is 0 Å². The van der Waals surface area contributed by atoms with Crippen molar-refractivity contribution in [1.82, 2.24) is 0 Å². The zero-order valence-corrected chi connectivity index (χ0v) is 9.76. The van der Waals surface area contributed by atoms with Crippen molar-refractivity contribution in [2.45, 2.75) is 13.8 Å². The van der Waals surface area contributed by atoms with Crippen molar-refractivity contribution in [3.05, 3.63) is 0 Å². The number of thiocarbonyl (C=S) groups is 1. The van der Waals surface area contributed by atoms with Gasteiger partial charge in [0.1, 0.15) is 0 Å². The third-order valence-corrected chi connectivity index (χ3v) is 0.787. The Hall–Kier alpha value is 1.24. The van der Waals surface area contributed by atoms with Crippen LogP contribution in [0.3, 0.4) is 0 Å². The molecule has 0 N–H and O–H groups in total. The largest absolute Gasteiger partial charge is 1.00 e. The molecule has 4 heteroatoms. The normalized spacial score (nSPS) is 8.44. The molecule has 1 nitrogen and oxygen atoms in total. The first kappa shape index (κ1) is 12.9. The van der Waals surface area contributed by atoms with Crippen molar-refractivity contribution in [3.63, 3.8) is 0 Å². The van der Waals surface area contributed by atoms with E-state index >= 15 is 0 Å². The van der Waals surface area contributed by atoms with Crippen LogP contribution in [-0.4, -0.2) is 11.0 Å². The van der Waals surface area contributed by atoms with Crippen LogP contribution in [0, 0.1) is 5.92 Å². The summed E-state index contributed by atoms with van der Waals surface area (Å²) in [6, 6.07) is 0. The molecule has 0 aliphatic rings. The molecule has 0 amide bonds. The molecule has 0 spiro atoms. The average Bonchev–Trinajstić information content (AvgIpc) is 1.61. The first-order chi connectivity index (χ1) is 3.63. The molecule has 0 aromatic carbocycles. The molecule has 0 unspecified atom stereocenters. The number of ether oxygens (including phenoxy) is 1. The van der Waals surface area contributed by atoms with Crippen molar-refractivity contribution in [2.24, 2.45) is 5.92 Å². The molecule has 0 saturated carbocycles. The Morgan fingerprint density at radius 3 is 2.33 bits per heavy atom. The van der Waals surface area contributed by atoms with Crippen LogP contribution in [0.2, 0.25) is 0 Å². The molecule has 9 heavy (non-hydrogen) atoms. The second kappa shape index (κ2) is 7.35. The van der Waals surface area contributed by atoms with E-state index in [1.807, 2.05) is 0 Å². The monoisotopic (exact) mass is 174 g/mol. The van der Waals surface area contributed by atoms with Gasteiger partial charge < -0.3 is 6.16 Å². The minimum atomic E-state index is 0. The number of rotatable bonds is 2. The Balaban J connectivity index is -0.000000245. The smallest absolute Gasteiger partial charge is 1.00 e. The van der Waals surface area contributed by atoms with Gasteiger partial charge in [-0.15, -0.1) is 0 Å². The maximum absolute atomic E-state index is 4.90. The molecule has 0 atom stereocenters. The molecule has 0 saturated heterocycles. The van der Waals surface area contributed by atoms with Gasteiger partial charge in [-0.2, -0.15) is 0 Å². The molecule has 0 fully saturated rings. The zero-order valence-electron chi connectivity index (χ0n) is 7.05. The molecule has 0 bridgehead atoms. The van der Waals surface area contributed by atoms with Crippen LogP contribution in [0.5, 0.6) is 0 Å². The Kier molecular flexibility index (Phi) is 10.5. The van der Waals surface area contributed by atoms with E-state index in [0.29, 0.717) is 16.9 Å². The summed E-state index contributed by atoms with van der Waals surface area (Å²) in [5.41, 5.74) is 0. The SMILES string of the molecule is CC(C)COC(=S)S.[H-].[Na+]. The standard InChI is InChI=1S/C5H10OS2.Na.H/c1-4(2)3-6-5(7)8;;/h4H,3H2,1-2H3,(H,7,8);;/q;+1;-1. The Morgan fingerprint density at radius 2 is 2.22 bits per heavy atom. The summed E-state index contributed by atoms with van der Waals surface area (Å²) in [5.74, 6) is 0.528. The molecule has 0 aromatic heterocycles. The topological polar surface area (TPSA) is 9.23 Å². The maximum Gasteiger partial charge on any atom is 1.00 e. The molecule has 0 aliphatic heterocycles. The van der Waals surface area contributed by atoms with Gasteiger partial charge in [-0.05, 0) is 18.1 Å². The summed E-state index contributed by atoms with van der Waals surface area (Å²) < 4.78 is 5.23. The first-order valence-electron chi connectivity index (χ1n) is 2.48. The first-order valence-corrected chi connectivity index (χ1v) is 3.34. The van der Waals surface area contributed by atoms with Crippen LogP contribution in [0.1, 0.15) is 15.3 Å². The maximum atomic E-state index is 4.90. The van der Waals surface area contributed by atoms with E-state index in [0.717, 1.165) is 0 Å². The fraction of sp³-hybridized carbons (Fsp3) is 0.800. The van der Waals surface area contributed by atoms with Crippen LogP contribution in [0.15, 0.2) is 0 Å². The quantitative estimate of drug-likeness (QED) is 0.326. The van der Waals surface area contributed by atoms with E-state index in [1.54, 1.807) is 0 Å². The average molecular weight is 174 g/mol. The van der Waals surface area contributed by atoms with Gasteiger partial charge in [0.15, 0.2) is 0 Å². The number of thiol groups is 1. The van der Waals surface area contributed by atoms with Crippen LogP contribution in [-0.2, 0) is 4.74 Å². The molecule has 0 radical (unpaired) electrons. The van der Waals surface area contributed by atoms with Crippen molar-refractivity contribution in [2.75, 3.05) is 6.61 Å². The van der Waals surface area contributed by atoms with Crippen LogP contribution in [0.4, 0.5) is 0 Å². The summed E-state index contributed by atoms with van der Waals surface area (Å²) >= 11 is 8.34. The Labute approximate surface area is 90.7 Å². The number of hydrogen-bond donors (Lipinski definition) is 1. The summed E-state index contributed by atoms with van der Waals surface area (Å²) in [4.78, 5) is 0. The van der Waals surface area contributed by atoms with E-state index in [4.69, 9.17) is 4.74 Å². The van der Waals surface area contributed by atoms with Crippen molar-refractivity contribution < 1.29 is 35.7 Å². The second-order valence-corrected chi connectivity index (χ2v) is 3.05. The Morgan fingerprint density at radius 1 is 1.78 bits per heavy atom. The minimum Gasteiger partial charge on any atom is -1.00 e. The van der Waals surface area contributed by atoms with E-state index in [1.165, 1.54) is 0 Å². The van der Waals surface area contributed by atoms with Crippen LogP contribution in [0.25, 0.3) is 0 Å². The summed E-state index contributed by atoms with van der Waals surface area (Å²) in [5, 5.41) is 0. The third-order valence-electron chi connectivity index (χ3n) is 0.540. The van der Waals surface area contributed by atoms with Gasteiger partial charge in [-0.3, -0.25) is 0 Å². The molecule has 0 aromatic rings. The van der Waals surface area contributed by atoms with Gasteiger partial charge in [0, 0.05) is 0 Å². The van der Waals surface area contributed by atoms with E-state index in [9.17, 15) is 0 Å². The number of hydrogen-bond acceptors (Lipinski definition) is 2. The van der Waals surface area contributed by atoms with Crippen molar-refractivity contribution >= 4 is 29.2 Å². The summed E-state index contributed by atoms with van der Waals surface area (Å²) in [6.45, 7) is 4.79. The Bertz CT molecular complexity index is 89.7. The van der Waals surface area contributed by atoms with E-state index < -0.39 is 0 Å². The fourth-order valence-corrected chi connectivity index (χ4v) is 0.381. The summed E-state index contributed by atoms with van der Waals surface area (Å²) in [7, 11) is 0. The molecule has 0 aliphatic carbocycles. The zero-order chi connectivity index (χ0) is 6.57. The predicted octanol–water partition coefficient (Wildman–Crippen LogP) is -1.01. The van der Waals surface area contributed by atoms with Gasteiger partial charge in [0.2, 0.25) is 4.38 Å². The molecular weight excluding hydrogens is 163 g/mol. The molecule has 50 valence electrons. The molecular formula is C5H11NaOS2. The van der Waals surface area contributed by atoms with Gasteiger partial charge in [-0.1, -0.05) is 26.5 Å². The fourth-order valence-electron chi connectivity index (χ4n) is 0.238. The third kappa shape index (κ3) is 12.4. The minimum absolute atomic E-state index is 0. The summed E-state index contributed by atoms with van der Waals surface area (Å²) in [6.07, 6.45) is 0. The van der Waals surface area contributed by atoms with Gasteiger partial charge in [0.05, 0.1) is 6.61 Å². The second-order valence-electron chi connectivity index (χ2n) is 1.97. The molecule has 0 rings (SSSR count). The van der Waals surface area contributed by atoms with E-state index in [2.05, 4.69) is 38.7 Å². The van der Waals surface area contributed by atoms with E-state index in [-0.39, 0.29) is 31.0 Å². The van der Waals surface area contributed by atoms with Gasteiger partial charge in [0.25, 0.3) is 0 Å². The van der Waals surface area contributed by atoms with Crippen molar-refractivity contribution in [1.29, 1.82) is 0 Å². The molecule has 0 heterocycles. The predicted molar refractivity (Wildman–Crippen MR) is 43.5 cm³/mol. The van der Waals surface area contributed by atoms with Crippen molar-refractivity contribution in [3.8, 4) is 0 Å².